The SMILES string of the molecule is N#CC1(CC2CCC2)CCS(=O)(=O)C1. The van der Waals surface area contributed by atoms with Gasteiger partial charge in [-0.1, -0.05) is 19.3 Å². The molecule has 0 aromatic carbocycles. The van der Waals surface area contributed by atoms with Crippen molar-refractivity contribution in [3.05, 3.63) is 0 Å². The molecule has 0 spiro atoms. The van der Waals surface area contributed by atoms with Gasteiger partial charge in [-0.15, -0.1) is 0 Å². The highest BCUT2D eigenvalue weighted by Crippen LogP contribution is 2.43. The van der Waals surface area contributed by atoms with Crippen LogP contribution in [-0.4, -0.2) is 19.9 Å². The summed E-state index contributed by atoms with van der Waals surface area (Å²) in [5.41, 5.74) is -0.538. The van der Waals surface area contributed by atoms with Crippen LogP contribution in [-0.2, 0) is 9.84 Å². The van der Waals surface area contributed by atoms with Crippen LogP contribution in [0.5, 0.6) is 0 Å². The van der Waals surface area contributed by atoms with Gasteiger partial charge in [-0.2, -0.15) is 5.26 Å². The highest BCUT2D eigenvalue weighted by Gasteiger charge is 2.44. The van der Waals surface area contributed by atoms with Crippen molar-refractivity contribution in [3.63, 3.8) is 0 Å². The standard InChI is InChI=1S/C10H15NO2S/c11-7-10(6-9-2-1-3-9)4-5-14(12,13)8-10/h9H,1-6,8H2. The Balaban J connectivity index is 2.08. The largest absolute Gasteiger partial charge is 0.229 e. The van der Waals surface area contributed by atoms with E-state index in [-0.39, 0.29) is 11.5 Å². The predicted octanol–water partition coefficient (Wildman–Crippen LogP) is 1.51. The first-order valence-electron chi connectivity index (χ1n) is 5.17. The molecule has 3 nitrogen and oxygen atoms in total. The summed E-state index contributed by atoms with van der Waals surface area (Å²) in [7, 11) is -2.92. The van der Waals surface area contributed by atoms with E-state index >= 15 is 0 Å². The smallest absolute Gasteiger partial charge is 0.151 e. The molecule has 2 rings (SSSR count). The van der Waals surface area contributed by atoms with Gasteiger partial charge in [0.05, 0.1) is 23.0 Å². The van der Waals surface area contributed by atoms with E-state index in [9.17, 15) is 8.42 Å². The van der Waals surface area contributed by atoms with E-state index in [2.05, 4.69) is 6.07 Å². The predicted molar refractivity (Wildman–Crippen MR) is 53.3 cm³/mol. The fraction of sp³-hybridized carbons (Fsp3) is 0.900. The summed E-state index contributed by atoms with van der Waals surface area (Å²) in [6, 6.07) is 2.25. The lowest BCUT2D eigenvalue weighted by atomic mass is 9.72. The molecule has 0 bridgehead atoms. The summed E-state index contributed by atoms with van der Waals surface area (Å²) in [6.45, 7) is 0. The van der Waals surface area contributed by atoms with E-state index in [1.165, 1.54) is 19.3 Å². The van der Waals surface area contributed by atoms with Crippen molar-refractivity contribution in [2.24, 2.45) is 11.3 Å². The molecular weight excluding hydrogens is 198 g/mol. The molecule has 78 valence electrons. The van der Waals surface area contributed by atoms with Crippen LogP contribution in [0.4, 0.5) is 0 Å². The molecule has 0 aromatic rings. The maximum Gasteiger partial charge on any atom is 0.151 e. The number of nitrogens with zero attached hydrogens (tertiary/aromatic N) is 1. The summed E-state index contributed by atoms with van der Waals surface area (Å²) in [5.74, 6) is 0.934. The molecule has 0 N–H and O–H groups in total. The van der Waals surface area contributed by atoms with Crippen molar-refractivity contribution in [3.8, 4) is 6.07 Å². The highest BCUT2D eigenvalue weighted by molar-refractivity contribution is 7.91. The van der Waals surface area contributed by atoms with Crippen LogP contribution in [0, 0.1) is 22.7 Å². The van der Waals surface area contributed by atoms with E-state index < -0.39 is 15.3 Å². The molecule has 1 saturated heterocycles. The number of nitriles is 1. The molecule has 0 radical (unpaired) electrons. The molecule has 2 aliphatic rings. The Morgan fingerprint density at radius 3 is 2.50 bits per heavy atom. The monoisotopic (exact) mass is 213 g/mol. The summed E-state index contributed by atoms with van der Waals surface area (Å²) in [5, 5.41) is 9.10. The normalized spacial score (nSPS) is 36.2. The van der Waals surface area contributed by atoms with Crippen molar-refractivity contribution >= 4 is 9.84 Å². The van der Waals surface area contributed by atoms with Gasteiger partial charge in [0.1, 0.15) is 0 Å². The Kier molecular flexibility index (Phi) is 2.30. The summed E-state index contributed by atoms with van der Waals surface area (Å²) in [6.07, 6.45) is 4.98. The molecule has 1 aliphatic carbocycles. The molecule has 4 heteroatoms. The second-order valence-electron chi connectivity index (χ2n) is 4.74. The van der Waals surface area contributed by atoms with Crippen molar-refractivity contribution in [2.75, 3.05) is 11.5 Å². The lowest BCUT2D eigenvalue weighted by Crippen LogP contribution is -2.26. The van der Waals surface area contributed by atoms with Gasteiger partial charge >= 0.3 is 0 Å². The van der Waals surface area contributed by atoms with Crippen molar-refractivity contribution in [1.82, 2.24) is 0 Å². The highest BCUT2D eigenvalue weighted by atomic mass is 32.2. The first-order valence-corrected chi connectivity index (χ1v) is 6.99. The van der Waals surface area contributed by atoms with Gasteiger partial charge < -0.3 is 0 Å². The minimum atomic E-state index is -2.92. The van der Waals surface area contributed by atoms with Crippen LogP contribution >= 0.6 is 0 Å². The first kappa shape index (κ1) is 9.97. The van der Waals surface area contributed by atoms with Crippen LogP contribution in [0.25, 0.3) is 0 Å². The van der Waals surface area contributed by atoms with E-state index in [0.717, 1.165) is 6.42 Å². The second kappa shape index (κ2) is 3.23. The third-order valence-electron chi connectivity index (χ3n) is 3.53. The number of hydrogen-bond acceptors (Lipinski definition) is 3. The van der Waals surface area contributed by atoms with Gasteiger partial charge in [-0.3, -0.25) is 0 Å². The summed E-state index contributed by atoms with van der Waals surface area (Å²) >= 11 is 0. The zero-order valence-electron chi connectivity index (χ0n) is 8.20. The third kappa shape index (κ3) is 1.78. The minimum Gasteiger partial charge on any atom is -0.229 e. The van der Waals surface area contributed by atoms with Crippen molar-refractivity contribution in [1.29, 1.82) is 5.26 Å². The fourth-order valence-electron chi connectivity index (χ4n) is 2.46. The summed E-state index contributed by atoms with van der Waals surface area (Å²) in [4.78, 5) is 0. The van der Waals surface area contributed by atoms with E-state index in [0.29, 0.717) is 12.3 Å². The summed E-state index contributed by atoms with van der Waals surface area (Å²) < 4.78 is 22.7. The lowest BCUT2D eigenvalue weighted by Gasteiger charge is -2.31. The minimum absolute atomic E-state index is 0.104. The molecule has 0 aromatic heterocycles. The zero-order chi connectivity index (χ0) is 10.2. The molecule has 1 heterocycles. The van der Waals surface area contributed by atoms with Gasteiger partial charge in [0, 0.05) is 0 Å². The van der Waals surface area contributed by atoms with Crippen LogP contribution in [0.3, 0.4) is 0 Å². The fourth-order valence-corrected chi connectivity index (χ4v) is 4.48. The average Bonchev–Trinajstić information content (AvgIpc) is 2.36. The molecule has 1 atom stereocenters. The second-order valence-corrected chi connectivity index (χ2v) is 6.92. The Labute approximate surface area is 85.0 Å². The lowest BCUT2D eigenvalue weighted by molar-refractivity contribution is 0.223. The first-order chi connectivity index (χ1) is 6.55. The van der Waals surface area contributed by atoms with Crippen LogP contribution in [0.15, 0.2) is 0 Å². The molecule has 1 aliphatic heterocycles. The number of rotatable bonds is 2. The third-order valence-corrected chi connectivity index (χ3v) is 5.35. The van der Waals surface area contributed by atoms with Gasteiger partial charge in [-0.05, 0) is 18.8 Å². The maximum atomic E-state index is 11.3. The topological polar surface area (TPSA) is 57.9 Å². The molecule has 14 heavy (non-hydrogen) atoms. The van der Waals surface area contributed by atoms with E-state index in [1.54, 1.807) is 0 Å². The Bertz CT molecular complexity index is 364. The Morgan fingerprint density at radius 1 is 1.43 bits per heavy atom. The van der Waals surface area contributed by atoms with E-state index in [1.807, 2.05) is 0 Å². The van der Waals surface area contributed by atoms with Crippen LogP contribution in [0.1, 0.15) is 32.1 Å². The Morgan fingerprint density at radius 2 is 2.14 bits per heavy atom. The Hall–Kier alpha value is -0.560. The van der Waals surface area contributed by atoms with Crippen molar-refractivity contribution < 1.29 is 8.42 Å². The van der Waals surface area contributed by atoms with Crippen LogP contribution in [0.2, 0.25) is 0 Å². The van der Waals surface area contributed by atoms with E-state index in [4.69, 9.17) is 5.26 Å². The van der Waals surface area contributed by atoms with Gasteiger partial charge in [0.25, 0.3) is 0 Å². The maximum absolute atomic E-state index is 11.3. The van der Waals surface area contributed by atoms with Gasteiger partial charge in [0.2, 0.25) is 0 Å². The van der Waals surface area contributed by atoms with Gasteiger partial charge in [0.15, 0.2) is 9.84 Å². The molecule has 0 amide bonds. The quantitative estimate of drug-likeness (QED) is 0.698. The van der Waals surface area contributed by atoms with Crippen molar-refractivity contribution in [2.45, 2.75) is 32.1 Å². The number of sulfone groups is 1. The molecule has 1 unspecified atom stereocenters. The van der Waals surface area contributed by atoms with Crippen LogP contribution < -0.4 is 0 Å². The molecular formula is C10H15NO2S. The number of hydrogen-bond donors (Lipinski definition) is 0. The zero-order valence-corrected chi connectivity index (χ0v) is 9.02. The molecule has 2 fully saturated rings. The molecule has 1 saturated carbocycles. The average molecular weight is 213 g/mol. The van der Waals surface area contributed by atoms with Gasteiger partial charge in [-0.25, -0.2) is 8.42 Å².